The van der Waals surface area contributed by atoms with Gasteiger partial charge in [0.05, 0.1) is 22.6 Å². The molecule has 1 N–H and O–H groups in total. The van der Waals surface area contributed by atoms with Crippen molar-refractivity contribution >= 4 is 33.7 Å². The van der Waals surface area contributed by atoms with E-state index in [-0.39, 0.29) is 11.6 Å². The van der Waals surface area contributed by atoms with E-state index < -0.39 is 0 Å². The molecule has 7 nitrogen and oxygen atoms in total. The van der Waals surface area contributed by atoms with Crippen LogP contribution in [0.3, 0.4) is 0 Å². The number of aromatic nitrogens is 4. The van der Waals surface area contributed by atoms with Gasteiger partial charge in [0.25, 0.3) is 5.91 Å². The zero-order chi connectivity index (χ0) is 17.2. The van der Waals surface area contributed by atoms with Gasteiger partial charge < -0.3 is 0 Å². The Hall–Kier alpha value is -2.23. The highest BCUT2D eigenvalue weighted by molar-refractivity contribution is 7.15. The van der Waals surface area contributed by atoms with Crippen molar-refractivity contribution in [3.63, 3.8) is 0 Å². The molecule has 0 aliphatic carbocycles. The van der Waals surface area contributed by atoms with Crippen LogP contribution < -0.4 is 5.32 Å². The van der Waals surface area contributed by atoms with Crippen molar-refractivity contribution in [1.29, 1.82) is 0 Å². The highest BCUT2D eigenvalue weighted by atomic mass is 32.1. The number of rotatable bonds is 4. The number of hydrogen-bond donors (Lipinski definition) is 1. The summed E-state index contributed by atoms with van der Waals surface area (Å²) < 4.78 is 0. The van der Waals surface area contributed by atoms with Gasteiger partial charge in [0, 0.05) is 48.7 Å². The molecule has 1 amide bonds. The summed E-state index contributed by atoms with van der Waals surface area (Å²) in [5.41, 5.74) is 2.48. The van der Waals surface area contributed by atoms with Crippen LogP contribution in [-0.4, -0.2) is 37.3 Å². The fourth-order valence-electron chi connectivity index (χ4n) is 2.72. The molecule has 0 spiro atoms. The molecule has 0 atom stereocenters. The van der Waals surface area contributed by atoms with E-state index in [2.05, 4.69) is 35.5 Å². The van der Waals surface area contributed by atoms with Crippen LogP contribution >= 0.6 is 22.7 Å². The van der Waals surface area contributed by atoms with Gasteiger partial charge in [-0.05, 0) is 6.92 Å². The number of thiazole rings is 2. The fraction of sp³-hybridized carbons (Fsp3) is 0.312. The van der Waals surface area contributed by atoms with Crippen molar-refractivity contribution in [1.82, 2.24) is 24.8 Å². The van der Waals surface area contributed by atoms with E-state index in [1.807, 2.05) is 6.92 Å². The second kappa shape index (κ2) is 6.95. The second-order valence-electron chi connectivity index (χ2n) is 5.75. The number of aryl methyl sites for hydroxylation is 1. The van der Waals surface area contributed by atoms with E-state index in [0.717, 1.165) is 42.5 Å². The summed E-state index contributed by atoms with van der Waals surface area (Å²) in [5, 5.41) is 6.65. The Kier molecular flexibility index (Phi) is 4.51. The Morgan fingerprint density at radius 1 is 1.36 bits per heavy atom. The number of carbonyl (C=O) groups excluding carboxylic acids is 1. The fourth-order valence-corrected chi connectivity index (χ4v) is 4.37. The molecule has 0 fully saturated rings. The molecule has 4 rings (SSSR count). The van der Waals surface area contributed by atoms with Crippen LogP contribution in [0.4, 0.5) is 5.13 Å². The minimum atomic E-state index is -0.283. The molecule has 9 heteroatoms. The first kappa shape index (κ1) is 16.2. The minimum Gasteiger partial charge on any atom is -0.296 e. The van der Waals surface area contributed by atoms with Crippen LogP contribution in [0.2, 0.25) is 0 Å². The molecule has 128 valence electrons. The SMILES string of the molecule is Cc1nc(CN2CCc3nc(NC(=O)c4cnccn4)sc3C2)cs1. The Bertz CT molecular complexity index is 891. The van der Waals surface area contributed by atoms with Crippen molar-refractivity contribution < 1.29 is 4.79 Å². The van der Waals surface area contributed by atoms with E-state index in [1.165, 1.54) is 34.8 Å². The van der Waals surface area contributed by atoms with Crippen LogP contribution in [0.15, 0.2) is 24.0 Å². The van der Waals surface area contributed by atoms with Crippen LogP contribution in [-0.2, 0) is 19.5 Å². The van der Waals surface area contributed by atoms with E-state index in [0.29, 0.717) is 5.13 Å². The van der Waals surface area contributed by atoms with Gasteiger partial charge in [-0.25, -0.2) is 15.0 Å². The van der Waals surface area contributed by atoms with Gasteiger partial charge in [-0.1, -0.05) is 0 Å². The lowest BCUT2D eigenvalue weighted by molar-refractivity contribution is 0.102. The number of nitrogens with one attached hydrogen (secondary N) is 1. The van der Waals surface area contributed by atoms with Gasteiger partial charge in [0.15, 0.2) is 5.13 Å². The molecule has 0 bridgehead atoms. The first-order chi connectivity index (χ1) is 12.2. The molecule has 0 saturated heterocycles. The van der Waals surface area contributed by atoms with Crippen molar-refractivity contribution in [3.8, 4) is 0 Å². The predicted octanol–water partition coefficient (Wildman–Crippen LogP) is 2.51. The maximum Gasteiger partial charge on any atom is 0.277 e. The Labute approximate surface area is 152 Å². The minimum absolute atomic E-state index is 0.283. The predicted molar refractivity (Wildman–Crippen MR) is 96.8 cm³/mol. The standard InChI is InChI=1S/C16H16N6OS2/c1-10-19-11(9-24-10)7-22-5-2-12-14(8-22)25-16(20-12)21-15(23)13-6-17-3-4-18-13/h3-4,6,9H,2,5,7-8H2,1H3,(H,20,21,23). The topological polar surface area (TPSA) is 83.9 Å². The molecule has 0 unspecified atom stereocenters. The van der Waals surface area contributed by atoms with Crippen LogP contribution in [0.5, 0.6) is 0 Å². The molecule has 1 aliphatic heterocycles. The highest BCUT2D eigenvalue weighted by Gasteiger charge is 2.22. The number of fused-ring (bicyclic) bond motifs is 1. The zero-order valence-corrected chi connectivity index (χ0v) is 15.2. The summed E-state index contributed by atoms with van der Waals surface area (Å²) in [6.07, 6.45) is 5.37. The number of nitrogens with zero attached hydrogens (tertiary/aromatic N) is 5. The average Bonchev–Trinajstić information content (AvgIpc) is 3.20. The molecule has 0 aromatic carbocycles. The van der Waals surface area contributed by atoms with E-state index in [4.69, 9.17) is 0 Å². The van der Waals surface area contributed by atoms with Gasteiger partial charge in [-0.3, -0.25) is 20.0 Å². The third-order valence-corrected chi connectivity index (χ3v) is 5.70. The van der Waals surface area contributed by atoms with Gasteiger partial charge in [-0.15, -0.1) is 22.7 Å². The normalized spacial score (nSPS) is 14.3. The van der Waals surface area contributed by atoms with Crippen molar-refractivity contribution in [2.45, 2.75) is 26.4 Å². The van der Waals surface area contributed by atoms with Crippen LogP contribution in [0.1, 0.15) is 31.8 Å². The van der Waals surface area contributed by atoms with Crippen LogP contribution in [0.25, 0.3) is 0 Å². The summed E-state index contributed by atoms with van der Waals surface area (Å²) in [4.78, 5) is 32.7. The van der Waals surface area contributed by atoms with Gasteiger partial charge in [0.1, 0.15) is 5.69 Å². The zero-order valence-electron chi connectivity index (χ0n) is 13.6. The Morgan fingerprint density at radius 2 is 2.28 bits per heavy atom. The van der Waals surface area contributed by atoms with Crippen molar-refractivity contribution in [3.05, 3.63) is 50.9 Å². The lowest BCUT2D eigenvalue weighted by Crippen LogP contribution is -2.29. The molecule has 3 aromatic heterocycles. The third kappa shape index (κ3) is 3.73. The molecule has 25 heavy (non-hydrogen) atoms. The molecule has 4 heterocycles. The summed E-state index contributed by atoms with van der Waals surface area (Å²) >= 11 is 3.21. The number of amides is 1. The smallest absolute Gasteiger partial charge is 0.277 e. The van der Waals surface area contributed by atoms with Crippen molar-refractivity contribution in [2.75, 3.05) is 11.9 Å². The second-order valence-corrected chi connectivity index (χ2v) is 7.90. The molecule has 0 radical (unpaired) electrons. The van der Waals surface area contributed by atoms with E-state index in [1.54, 1.807) is 11.3 Å². The number of carbonyl (C=O) groups is 1. The first-order valence-corrected chi connectivity index (χ1v) is 9.56. The summed E-state index contributed by atoms with van der Waals surface area (Å²) in [7, 11) is 0. The lowest BCUT2D eigenvalue weighted by Gasteiger charge is -2.24. The molecule has 1 aliphatic rings. The maximum absolute atomic E-state index is 12.2. The summed E-state index contributed by atoms with van der Waals surface area (Å²) in [6.45, 7) is 4.66. The number of anilines is 1. The quantitative estimate of drug-likeness (QED) is 0.758. The van der Waals surface area contributed by atoms with Gasteiger partial charge in [-0.2, -0.15) is 0 Å². The van der Waals surface area contributed by atoms with Gasteiger partial charge >= 0.3 is 0 Å². The highest BCUT2D eigenvalue weighted by Crippen LogP contribution is 2.29. The lowest BCUT2D eigenvalue weighted by atomic mass is 10.2. The Balaban J connectivity index is 1.43. The Morgan fingerprint density at radius 3 is 3.04 bits per heavy atom. The summed E-state index contributed by atoms with van der Waals surface area (Å²) in [6, 6.07) is 0. The molecular weight excluding hydrogens is 356 g/mol. The number of hydrogen-bond acceptors (Lipinski definition) is 8. The first-order valence-electron chi connectivity index (χ1n) is 7.86. The third-order valence-electron chi connectivity index (χ3n) is 3.88. The summed E-state index contributed by atoms with van der Waals surface area (Å²) in [5.74, 6) is -0.283. The molecule has 3 aromatic rings. The monoisotopic (exact) mass is 372 g/mol. The van der Waals surface area contributed by atoms with E-state index in [9.17, 15) is 4.79 Å². The van der Waals surface area contributed by atoms with Gasteiger partial charge in [0.2, 0.25) is 0 Å². The molecular formula is C16H16N6OS2. The van der Waals surface area contributed by atoms with E-state index >= 15 is 0 Å². The average molecular weight is 372 g/mol. The van der Waals surface area contributed by atoms with Crippen LogP contribution in [0, 0.1) is 6.92 Å². The van der Waals surface area contributed by atoms with Crippen molar-refractivity contribution in [2.24, 2.45) is 0 Å². The maximum atomic E-state index is 12.2. The molecule has 0 saturated carbocycles. The largest absolute Gasteiger partial charge is 0.296 e.